The summed E-state index contributed by atoms with van der Waals surface area (Å²) in [5.41, 5.74) is 5.50. The number of rotatable bonds is 13. The van der Waals surface area contributed by atoms with Gasteiger partial charge in [-0.1, -0.05) is 54.4 Å². The summed E-state index contributed by atoms with van der Waals surface area (Å²) in [5.74, 6) is 3.31. The number of fused-ring (bicyclic) bond motifs is 1. The molecule has 0 amide bonds. The third kappa shape index (κ3) is 7.46. The van der Waals surface area contributed by atoms with Crippen molar-refractivity contribution >= 4 is 63.7 Å². The summed E-state index contributed by atoms with van der Waals surface area (Å²) in [4.78, 5) is 24.6. The monoisotopic (exact) mass is 784 g/mol. The van der Waals surface area contributed by atoms with Gasteiger partial charge in [0.2, 0.25) is 0 Å². The van der Waals surface area contributed by atoms with Crippen molar-refractivity contribution in [3.05, 3.63) is 57.8 Å². The van der Waals surface area contributed by atoms with Gasteiger partial charge in [-0.2, -0.15) is 10.1 Å². The van der Waals surface area contributed by atoms with E-state index in [1.54, 1.807) is 11.3 Å². The number of nitrogens with zero attached hydrogens (tertiary/aromatic N) is 7. The molecule has 286 valence electrons. The molecule has 1 N–H and O–H groups in total. The fourth-order valence-electron chi connectivity index (χ4n) is 9.30. The lowest BCUT2D eigenvalue weighted by atomic mass is 9.49. The molecule has 9 rings (SSSR count). The van der Waals surface area contributed by atoms with E-state index in [9.17, 15) is 4.79 Å². The van der Waals surface area contributed by atoms with Gasteiger partial charge in [-0.25, -0.2) is 9.78 Å². The van der Waals surface area contributed by atoms with E-state index in [2.05, 4.69) is 63.5 Å². The second-order valence-corrected chi connectivity index (χ2v) is 24.8. The van der Waals surface area contributed by atoms with Crippen LogP contribution >= 0.6 is 22.7 Å². The fourth-order valence-corrected chi connectivity index (χ4v) is 12.1. The van der Waals surface area contributed by atoms with E-state index in [-0.39, 0.29) is 12.3 Å². The predicted molar refractivity (Wildman–Crippen MR) is 219 cm³/mol. The molecule has 4 aromatic heterocycles. The molecule has 4 aliphatic rings. The number of carbonyl (C=O) groups is 1. The first-order valence-corrected chi connectivity index (χ1v) is 24.7. The summed E-state index contributed by atoms with van der Waals surface area (Å²) >= 11 is 3.03. The van der Waals surface area contributed by atoms with Gasteiger partial charge in [-0.05, 0) is 108 Å². The number of aromatic nitrogens is 6. The molecule has 4 aliphatic carbocycles. The number of thiazole rings is 2. The van der Waals surface area contributed by atoms with Crippen molar-refractivity contribution in [1.29, 1.82) is 0 Å². The summed E-state index contributed by atoms with van der Waals surface area (Å²) in [6, 6.07) is 9.40. The standard InChI is InChI=1S/C40H52N8O3S2Si/c1-8-51-37(49)33-34(30-21-41-48(26(30)4)22-40-18-27-15-28(19-40)17-29(16-27)20-40)53-38(42-33)43-35-24(2)25(3)36(46-45-35)44-39-47(23-50-13-14-54(5,6)7)31-11-9-10-12-32(31)52-39/h9-12,21,27-29H,8,13-20,22-23H2,1-7H3,(H,42,43,45). The van der Waals surface area contributed by atoms with Gasteiger partial charge in [-0.3, -0.25) is 9.25 Å². The topological polar surface area (TPSA) is 121 Å². The zero-order chi connectivity index (χ0) is 37.8. The number of carbonyl (C=O) groups excluding carboxylic acids is 1. The number of ether oxygens (including phenoxy) is 2. The molecule has 4 saturated carbocycles. The minimum absolute atomic E-state index is 0.266. The molecule has 11 nitrogen and oxygen atoms in total. The van der Waals surface area contributed by atoms with E-state index in [1.165, 1.54) is 49.9 Å². The lowest BCUT2D eigenvalue weighted by Crippen LogP contribution is -2.48. The second kappa shape index (κ2) is 14.7. The molecule has 0 spiro atoms. The zero-order valence-electron chi connectivity index (χ0n) is 32.6. The molecular weight excluding hydrogens is 733 g/mol. The van der Waals surface area contributed by atoms with Crippen LogP contribution in [-0.4, -0.2) is 56.8 Å². The van der Waals surface area contributed by atoms with E-state index in [0.717, 1.165) is 79.2 Å². The molecule has 5 aromatic rings. The lowest BCUT2D eigenvalue weighted by molar-refractivity contribution is -0.0638. The van der Waals surface area contributed by atoms with Gasteiger partial charge in [0.25, 0.3) is 0 Å². The summed E-state index contributed by atoms with van der Waals surface area (Å²) in [6.07, 6.45) is 10.1. The summed E-state index contributed by atoms with van der Waals surface area (Å²) in [5, 5.41) is 18.0. The number of anilines is 2. The van der Waals surface area contributed by atoms with Crippen molar-refractivity contribution in [3.8, 4) is 10.4 Å². The third-order valence-corrected chi connectivity index (χ3v) is 15.6. The van der Waals surface area contributed by atoms with Crippen molar-refractivity contribution in [2.45, 2.75) is 105 Å². The Kier molecular flexibility index (Phi) is 10.2. The Hall–Kier alpha value is -3.72. The average Bonchev–Trinajstić information content (AvgIpc) is 3.80. The van der Waals surface area contributed by atoms with Crippen molar-refractivity contribution in [1.82, 2.24) is 29.5 Å². The van der Waals surface area contributed by atoms with Gasteiger partial charge >= 0.3 is 5.97 Å². The van der Waals surface area contributed by atoms with Gasteiger partial charge in [-0.15, -0.1) is 10.2 Å². The van der Waals surface area contributed by atoms with Crippen LogP contribution < -0.4 is 10.1 Å². The van der Waals surface area contributed by atoms with Crippen LogP contribution in [0.25, 0.3) is 20.7 Å². The molecule has 0 aliphatic heterocycles. The smallest absolute Gasteiger partial charge is 0.358 e. The maximum absolute atomic E-state index is 13.3. The summed E-state index contributed by atoms with van der Waals surface area (Å²) in [6.45, 7) is 17.4. The quantitative estimate of drug-likeness (QED) is 0.0713. The second-order valence-electron chi connectivity index (χ2n) is 17.1. The Morgan fingerprint density at radius 1 is 1.02 bits per heavy atom. The maximum atomic E-state index is 13.3. The highest BCUT2D eigenvalue weighted by molar-refractivity contribution is 7.19. The van der Waals surface area contributed by atoms with Gasteiger partial charge in [0.1, 0.15) is 6.73 Å². The van der Waals surface area contributed by atoms with Crippen molar-refractivity contribution < 1.29 is 14.3 Å². The molecule has 4 fully saturated rings. The summed E-state index contributed by atoms with van der Waals surface area (Å²) in [7, 11) is -1.21. The van der Waals surface area contributed by atoms with Crippen molar-refractivity contribution in [2.75, 3.05) is 18.5 Å². The average molecular weight is 785 g/mol. The van der Waals surface area contributed by atoms with E-state index in [0.29, 0.717) is 28.9 Å². The Morgan fingerprint density at radius 2 is 1.74 bits per heavy atom. The first-order valence-electron chi connectivity index (χ1n) is 19.4. The number of esters is 1. The van der Waals surface area contributed by atoms with Crippen LogP contribution in [0.4, 0.5) is 16.8 Å². The zero-order valence-corrected chi connectivity index (χ0v) is 35.2. The highest BCUT2D eigenvalue weighted by atomic mass is 32.1. The normalized spacial score (nSPS) is 22.4. The Bertz CT molecular complexity index is 2230. The minimum atomic E-state index is -1.21. The fraction of sp³-hybridized carbons (Fsp3) is 0.550. The Balaban J connectivity index is 1.06. The van der Waals surface area contributed by atoms with Crippen LogP contribution in [0.15, 0.2) is 35.5 Å². The number of benzene rings is 1. The molecule has 1 aromatic carbocycles. The largest absolute Gasteiger partial charge is 0.461 e. The predicted octanol–water partition coefficient (Wildman–Crippen LogP) is 9.42. The number of hydrogen-bond acceptors (Lipinski definition) is 11. The van der Waals surface area contributed by atoms with Crippen LogP contribution in [-0.2, 0) is 22.7 Å². The van der Waals surface area contributed by atoms with Crippen LogP contribution in [0.5, 0.6) is 0 Å². The number of nitrogens with one attached hydrogen (secondary N) is 1. The molecule has 0 unspecified atom stereocenters. The lowest BCUT2D eigenvalue weighted by Gasteiger charge is -2.56. The van der Waals surface area contributed by atoms with Gasteiger partial charge in [0.05, 0.1) is 27.9 Å². The molecule has 4 heterocycles. The number of para-hydroxylation sites is 1. The van der Waals surface area contributed by atoms with Crippen LogP contribution in [0.1, 0.15) is 72.8 Å². The van der Waals surface area contributed by atoms with E-state index >= 15 is 0 Å². The maximum Gasteiger partial charge on any atom is 0.358 e. The van der Waals surface area contributed by atoms with Gasteiger partial charge in [0.15, 0.2) is 27.3 Å². The van der Waals surface area contributed by atoms with Gasteiger partial charge < -0.3 is 14.8 Å². The molecular formula is C40H52N8O3S2Si. The van der Waals surface area contributed by atoms with Crippen molar-refractivity contribution in [2.24, 2.45) is 28.2 Å². The summed E-state index contributed by atoms with van der Waals surface area (Å²) < 4.78 is 17.1. The molecule has 54 heavy (non-hydrogen) atoms. The van der Waals surface area contributed by atoms with Crippen LogP contribution in [0, 0.1) is 43.9 Å². The SMILES string of the molecule is CCOC(=O)c1nc(Nc2nnc(N=c3sc4ccccc4n3COCC[Si](C)(C)C)c(C)c2C)sc1-c1cnn(CC23CC4CC(CC(C4)C2)C3)c1C. The minimum Gasteiger partial charge on any atom is -0.461 e. The Labute approximate surface area is 326 Å². The molecule has 0 atom stereocenters. The molecule has 14 heteroatoms. The van der Waals surface area contributed by atoms with E-state index in [4.69, 9.17) is 24.5 Å². The first-order chi connectivity index (χ1) is 25.9. The highest BCUT2D eigenvalue weighted by Crippen LogP contribution is 2.60. The van der Waals surface area contributed by atoms with Gasteiger partial charge in [0, 0.05) is 43.6 Å². The number of hydrogen-bond donors (Lipinski definition) is 1. The molecule has 0 saturated heterocycles. The molecule has 4 bridgehead atoms. The van der Waals surface area contributed by atoms with E-state index < -0.39 is 14.0 Å². The van der Waals surface area contributed by atoms with Crippen molar-refractivity contribution in [3.63, 3.8) is 0 Å². The third-order valence-electron chi connectivity index (χ3n) is 11.8. The highest BCUT2D eigenvalue weighted by Gasteiger charge is 2.51. The van der Waals surface area contributed by atoms with Crippen LogP contribution in [0.2, 0.25) is 25.7 Å². The van der Waals surface area contributed by atoms with E-state index in [1.807, 2.05) is 39.1 Å². The first kappa shape index (κ1) is 37.2. The van der Waals surface area contributed by atoms with Crippen LogP contribution in [0.3, 0.4) is 0 Å². The molecule has 0 radical (unpaired) electrons. The Morgan fingerprint density at radius 3 is 2.44 bits per heavy atom.